The smallest absolute Gasteiger partial charge is 0.179 e. The summed E-state index contributed by atoms with van der Waals surface area (Å²) in [6, 6.07) is 35.9. The van der Waals surface area contributed by atoms with Crippen molar-refractivity contribution in [3.05, 3.63) is 151 Å². The van der Waals surface area contributed by atoms with Gasteiger partial charge in [-0.2, -0.15) is 0 Å². The molecule has 0 saturated carbocycles. The van der Waals surface area contributed by atoms with E-state index in [1.165, 1.54) is 51.9 Å². The summed E-state index contributed by atoms with van der Waals surface area (Å²) < 4.78 is 46.6. The normalized spacial score (nSPS) is 11.8. The van der Waals surface area contributed by atoms with Crippen molar-refractivity contribution in [1.82, 2.24) is 4.98 Å². The van der Waals surface area contributed by atoms with Gasteiger partial charge in [-0.05, 0) is 80.4 Å². The van der Waals surface area contributed by atoms with E-state index in [2.05, 4.69) is 23.2 Å². The minimum Gasteiger partial charge on any atom is -0.263 e. The van der Waals surface area contributed by atoms with E-state index in [-0.39, 0.29) is 0 Å². The lowest BCUT2D eigenvalue weighted by atomic mass is 10.0. The van der Waals surface area contributed by atoms with Gasteiger partial charge < -0.3 is 0 Å². The van der Waals surface area contributed by atoms with Gasteiger partial charge in [0.25, 0.3) is 0 Å². The van der Waals surface area contributed by atoms with Crippen LogP contribution in [0.25, 0.3) is 31.3 Å². The molecule has 0 radical (unpaired) electrons. The van der Waals surface area contributed by atoms with Gasteiger partial charge in [0, 0.05) is 27.9 Å². The Morgan fingerprint density at radius 2 is 1.02 bits per heavy atom. The molecule has 0 spiro atoms. The average Bonchev–Trinajstić information content (AvgIpc) is 3.36. The third kappa shape index (κ3) is 4.36. The standard InChI is InChI=1S/C35H22F3NSSi/c36-25-4-1-7-29(19-25)41(30-8-2-5-26(37)20-30,31-9-3-6-27(38)21-31)28-13-10-23(11-14-28)24-12-15-32-33-16-17-39-22-35(33)40-34(32)18-24/h1-22H. The highest BCUT2D eigenvalue weighted by atomic mass is 32.1. The first kappa shape index (κ1) is 25.4. The number of halogens is 3. The number of rotatable bonds is 5. The SMILES string of the molecule is Fc1cccc([Si](c2ccc(-c3ccc4c(c3)sc3cnccc34)cc2)(c2cccc(F)c2)c2cccc(F)c2)c1. The molecule has 0 saturated heterocycles. The Morgan fingerprint density at radius 3 is 1.59 bits per heavy atom. The van der Waals surface area contributed by atoms with E-state index >= 15 is 0 Å². The third-order valence-corrected chi connectivity index (χ3v) is 13.5. The van der Waals surface area contributed by atoms with Crippen LogP contribution in [0.4, 0.5) is 13.2 Å². The number of nitrogens with zero attached hydrogens (tertiary/aromatic N) is 1. The van der Waals surface area contributed by atoms with Crippen LogP contribution in [0.1, 0.15) is 0 Å². The van der Waals surface area contributed by atoms with Crippen LogP contribution in [0.3, 0.4) is 0 Å². The molecule has 0 aliphatic carbocycles. The lowest BCUT2D eigenvalue weighted by Crippen LogP contribution is -2.75. The molecule has 7 rings (SSSR count). The molecule has 0 fully saturated rings. The van der Waals surface area contributed by atoms with Crippen molar-refractivity contribution in [3.8, 4) is 11.1 Å². The molecule has 0 aliphatic rings. The zero-order valence-corrected chi connectivity index (χ0v) is 23.5. The minimum atomic E-state index is -3.31. The summed E-state index contributed by atoms with van der Waals surface area (Å²) in [7, 11) is -3.31. The number of pyridine rings is 1. The molecular formula is C35H22F3NSSi. The van der Waals surface area contributed by atoms with Gasteiger partial charge in [0.2, 0.25) is 0 Å². The number of hydrogen-bond acceptors (Lipinski definition) is 2. The summed E-state index contributed by atoms with van der Waals surface area (Å²) >= 11 is 1.71. The largest absolute Gasteiger partial charge is 0.263 e. The first-order chi connectivity index (χ1) is 20.0. The van der Waals surface area contributed by atoms with Crippen LogP contribution in [0.5, 0.6) is 0 Å². The van der Waals surface area contributed by atoms with Crippen LogP contribution >= 0.6 is 11.3 Å². The van der Waals surface area contributed by atoms with Crippen molar-refractivity contribution in [1.29, 1.82) is 0 Å². The molecule has 0 bridgehead atoms. The maximum absolute atomic E-state index is 14.8. The maximum Gasteiger partial charge on any atom is 0.179 e. The molecule has 0 amide bonds. The summed E-state index contributed by atoms with van der Waals surface area (Å²) in [5, 5.41) is 5.42. The van der Waals surface area contributed by atoms with E-state index in [4.69, 9.17) is 0 Å². The fourth-order valence-electron chi connectivity index (χ4n) is 5.89. The van der Waals surface area contributed by atoms with Gasteiger partial charge >= 0.3 is 0 Å². The summed E-state index contributed by atoms with van der Waals surface area (Å²) in [5.41, 5.74) is 2.09. The predicted molar refractivity (Wildman–Crippen MR) is 166 cm³/mol. The van der Waals surface area contributed by atoms with Gasteiger partial charge in [-0.3, -0.25) is 4.98 Å². The molecule has 7 aromatic rings. The summed E-state index contributed by atoms with van der Waals surface area (Å²) in [4.78, 5) is 4.26. The van der Waals surface area contributed by atoms with E-state index in [0.29, 0.717) is 15.6 Å². The number of fused-ring (bicyclic) bond motifs is 3. The fraction of sp³-hybridized carbons (Fsp3) is 0. The Labute approximate surface area is 240 Å². The van der Waals surface area contributed by atoms with Gasteiger partial charge in [0.05, 0.1) is 4.70 Å². The maximum atomic E-state index is 14.8. The molecule has 198 valence electrons. The molecule has 6 heteroatoms. The first-order valence-electron chi connectivity index (χ1n) is 13.2. The molecular weight excluding hydrogens is 552 g/mol. The number of benzene rings is 5. The van der Waals surface area contributed by atoms with Crippen molar-refractivity contribution in [3.63, 3.8) is 0 Å². The molecule has 0 aliphatic heterocycles. The first-order valence-corrected chi connectivity index (χ1v) is 16.0. The molecule has 41 heavy (non-hydrogen) atoms. The zero-order chi connectivity index (χ0) is 28.0. The van der Waals surface area contributed by atoms with Gasteiger partial charge in [-0.25, -0.2) is 13.2 Å². The van der Waals surface area contributed by atoms with E-state index in [9.17, 15) is 13.2 Å². The van der Waals surface area contributed by atoms with Crippen LogP contribution in [-0.4, -0.2) is 13.1 Å². The Hall–Kier alpha value is -4.52. The van der Waals surface area contributed by atoms with Gasteiger partial charge in [-0.1, -0.05) is 72.8 Å². The van der Waals surface area contributed by atoms with Crippen LogP contribution in [0, 0.1) is 17.5 Å². The summed E-state index contributed by atoms with van der Waals surface area (Å²) in [6.45, 7) is 0. The zero-order valence-electron chi connectivity index (χ0n) is 21.7. The molecule has 0 atom stereocenters. The number of aromatic nitrogens is 1. The highest BCUT2D eigenvalue weighted by Gasteiger charge is 2.42. The summed E-state index contributed by atoms with van der Waals surface area (Å²) in [5.74, 6) is -1.18. The monoisotopic (exact) mass is 573 g/mol. The Morgan fingerprint density at radius 1 is 0.488 bits per heavy atom. The van der Waals surface area contributed by atoms with E-state index in [1.54, 1.807) is 29.5 Å². The lowest BCUT2D eigenvalue weighted by Gasteiger charge is -2.34. The van der Waals surface area contributed by atoms with Crippen molar-refractivity contribution < 1.29 is 13.2 Å². The lowest BCUT2D eigenvalue weighted by molar-refractivity contribution is 0.629. The van der Waals surface area contributed by atoms with Gasteiger partial charge in [0.15, 0.2) is 8.07 Å². The highest BCUT2D eigenvalue weighted by Crippen LogP contribution is 2.35. The molecule has 2 heterocycles. The van der Waals surface area contributed by atoms with E-state index in [1.807, 2.05) is 60.9 Å². The molecule has 1 nitrogen and oxygen atoms in total. The van der Waals surface area contributed by atoms with Crippen LogP contribution in [0.2, 0.25) is 0 Å². The quantitative estimate of drug-likeness (QED) is 0.161. The second kappa shape index (κ2) is 10.1. The topological polar surface area (TPSA) is 12.9 Å². The van der Waals surface area contributed by atoms with Crippen LogP contribution in [0.15, 0.2) is 134 Å². The van der Waals surface area contributed by atoms with E-state index < -0.39 is 25.5 Å². The second-order valence-corrected chi connectivity index (χ2v) is 14.9. The molecule has 0 unspecified atom stereocenters. The van der Waals surface area contributed by atoms with Crippen molar-refractivity contribution in [2.75, 3.05) is 0 Å². The summed E-state index contributed by atoms with van der Waals surface area (Å²) in [6.07, 6.45) is 3.71. The van der Waals surface area contributed by atoms with E-state index in [0.717, 1.165) is 21.0 Å². The van der Waals surface area contributed by atoms with Gasteiger partial charge in [0.1, 0.15) is 17.5 Å². The fourth-order valence-corrected chi connectivity index (χ4v) is 11.8. The minimum absolute atomic E-state index is 0.393. The number of hydrogen-bond donors (Lipinski definition) is 0. The molecule has 0 N–H and O–H groups in total. The van der Waals surface area contributed by atoms with Crippen molar-refractivity contribution in [2.24, 2.45) is 0 Å². The average molecular weight is 574 g/mol. The third-order valence-electron chi connectivity index (χ3n) is 7.70. The van der Waals surface area contributed by atoms with Crippen LogP contribution in [-0.2, 0) is 0 Å². The Balaban J connectivity index is 1.44. The van der Waals surface area contributed by atoms with Crippen molar-refractivity contribution in [2.45, 2.75) is 0 Å². The second-order valence-electron chi connectivity index (χ2n) is 10.0. The number of thiophene rings is 1. The Bertz CT molecular complexity index is 1940. The van der Waals surface area contributed by atoms with Crippen molar-refractivity contribution >= 4 is 60.3 Å². The Kier molecular flexibility index (Phi) is 6.30. The van der Waals surface area contributed by atoms with Gasteiger partial charge in [-0.15, -0.1) is 11.3 Å². The highest BCUT2D eigenvalue weighted by molar-refractivity contribution is 7.25. The molecule has 2 aromatic heterocycles. The predicted octanol–water partition coefficient (Wildman–Crippen LogP) is 6.91. The molecule has 5 aromatic carbocycles. The van der Waals surface area contributed by atoms with Crippen LogP contribution < -0.4 is 20.7 Å².